The lowest BCUT2D eigenvalue weighted by molar-refractivity contribution is 0.309. The lowest BCUT2D eigenvalue weighted by atomic mass is 10.1. The predicted molar refractivity (Wildman–Crippen MR) is 102 cm³/mol. The van der Waals surface area contributed by atoms with Crippen LogP contribution in [0.15, 0.2) is 71.8 Å². The fourth-order valence-corrected chi connectivity index (χ4v) is 2.47. The minimum Gasteiger partial charge on any atom is -0.488 e. The zero-order valence-electron chi connectivity index (χ0n) is 13.0. The number of nitrogens with two attached hydrogens (primary N) is 1. The first-order valence-electron chi connectivity index (χ1n) is 7.51. The summed E-state index contributed by atoms with van der Waals surface area (Å²) in [6, 6.07) is 22.1. The molecule has 5 heteroatoms. The van der Waals surface area contributed by atoms with Crippen molar-refractivity contribution in [1.29, 1.82) is 0 Å². The van der Waals surface area contributed by atoms with Crippen LogP contribution in [0.1, 0.15) is 11.1 Å². The van der Waals surface area contributed by atoms with Crippen molar-refractivity contribution in [3.63, 3.8) is 0 Å². The molecule has 0 unspecified atom stereocenters. The quantitative estimate of drug-likeness (QED) is 0.425. The molecule has 24 heavy (non-hydrogen) atoms. The van der Waals surface area contributed by atoms with Crippen molar-refractivity contribution < 1.29 is 4.74 Å². The highest BCUT2D eigenvalue weighted by Crippen LogP contribution is 2.29. The van der Waals surface area contributed by atoms with Crippen molar-refractivity contribution in [2.45, 2.75) is 6.61 Å². The number of nitrogens with one attached hydrogen (secondary N) is 1. The molecular weight excluding hydrogens is 318 g/mol. The number of thiocarbonyl (C=S) groups is 1. The van der Waals surface area contributed by atoms with Gasteiger partial charge < -0.3 is 10.5 Å². The Bertz CT molecular complexity index is 878. The molecule has 3 N–H and O–H groups in total. The first-order valence-corrected chi connectivity index (χ1v) is 7.92. The molecule has 0 fully saturated rings. The highest BCUT2D eigenvalue weighted by molar-refractivity contribution is 7.80. The van der Waals surface area contributed by atoms with Crippen molar-refractivity contribution in [3.8, 4) is 5.75 Å². The molecule has 0 atom stereocenters. The van der Waals surface area contributed by atoms with E-state index in [4.69, 9.17) is 22.7 Å². The van der Waals surface area contributed by atoms with E-state index in [1.54, 1.807) is 6.21 Å². The van der Waals surface area contributed by atoms with Crippen molar-refractivity contribution >= 4 is 34.3 Å². The van der Waals surface area contributed by atoms with Crippen LogP contribution >= 0.6 is 12.2 Å². The van der Waals surface area contributed by atoms with E-state index in [0.29, 0.717) is 6.61 Å². The molecule has 0 aromatic heterocycles. The Morgan fingerprint density at radius 2 is 1.79 bits per heavy atom. The predicted octanol–water partition coefficient (Wildman–Crippen LogP) is 3.59. The second-order valence-electron chi connectivity index (χ2n) is 5.21. The van der Waals surface area contributed by atoms with Gasteiger partial charge in [0.15, 0.2) is 5.11 Å². The molecule has 3 aromatic carbocycles. The molecule has 0 radical (unpaired) electrons. The van der Waals surface area contributed by atoms with Gasteiger partial charge in [-0.2, -0.15) is 5.10 Å². The van der Waals surface area contributed by atoms with E-state index >= 15 is 0 Å². The summed E-state index contributed by atoms with van der Waals surface area (Å²) in [5.74, 6) is 0.783. The zero-order valence-corrected chi connectivity index (χ0v) is 13.8. The van der Waals surface area contributed by atoms with Gasteiger partial charge in [-0.1, -0.05) is 60.7 Å². The SMILES string of the molecule is NC(=S)N/N=C/c1ccc2ccccc2c1OCc1ccccc1. The summed E-state index contributed by atoms with van der Waals surface area (Å²) in [7, 11) is 0. The van der Waals surface area contributed by atoms with Gasteiger partial charge in [-0.25, -0.2) is 0 Å². The number of hydrogen-bond acceptors (Lipinski definition) is 3. The number of ether oxygens (including phenoxy) is 1. The second kappa shape index (κ2) is 7.57. The molecule has 0 spiro atoms. The molecule has 4 nitrogen and oxygen atoms in total. The third-order valence-electron chi connectivity index (χ3n) is 3.51. The van der Waals surface area contributed by atoms with Gasteiger partial charge in [0.1, 0.15) is 12.4 Å². The van der Waals surface area contributed by atoms with E-state index in [1.165, 1.54) is 0 Å². The minimum absolute atomic E-state index is 0.124. The molecule has 0 bridgehead atoms. The van der Waals surface area contributed by atoms with Crippen LogP contribution in [0.3, 0.4) is 0 Å². The van der Waals surface area contributed by atoms with Gasteiger partial charge in [0.05, 0.1) is 6.21 Å². The first-order chi connectivity index (χ1) is 11.7. The number of nitrogens with zero attached hydrogens (tertiary/aromatic N) is 1. The first kappa shape index (κ1) is 16.0. The van der Waals surface area contributed by atoms with Crippen LogP contribution in [-0.2, 0) is 6.61 Å². The molecule has 120 valence electrons. The van der Waals surface area contributed by atoms with Crippen molar-refractivity contribution in [1.82, 2.24) is 5.43 Å². The molecule has 0 saturated carbocycles. The Morgan fingerprint density at radius 1 is 1.04 bits per heavy atom. The van der Waals surface area contributed by atoms with Gasteiger partial charge in [0.25, 0.3) is 0 Å². The summed E-state index contributed by atoms with van der Waals surface area (Å²) < 4.78 is 6.11. The maximum atomic E-state index is 6.11. The van der Waals surface area contributed by atoms with Crippen molar-refractivity contribution in [3.05, 3.63) is 77.9 Å². The van der Waals surface area contributed by atoms with Gasteiger partial charge in [-0.15, -0.1) is 0 Å². The molecule has 3 rings (SSSR count). The largest absolute Gasteiger partial charge is 0.488 e. The normalized spacial score (nSPS) is 10.8. The smallest absolute Gasteiger partial charge is 0.184 e. The molecule has 0 heterocycles. The summed E-state index contributed by atoms with van der Waals surface area (Å²) in [4.78, 5) is 0. The van der Waals surface area contributed by atoms with Gasteiger partial charge >= 0.3 is 0 Å². The van der Waals surface area contributed by atoms with Gasteiger partial charge in [-0.3, -0.25) is 5.43 Å². The van der Waals surface area contributed by atoms with Crippen LogP contribution in [0.5, 0.6) is 5.75 Å². The summed E-state index contributed by atoms with van der Waals surface area (Å²) in [5.41, 5.74) is 9.92. The highest BCUT2D eigenvalue weighted by atomic mass is 32.1. The summed E-state index contributed by atoms with van der Waals surface area (Å²) in [5, 5.41) is 6.31. The maximum absolute atomic E-state index is 6.11. The third kappa shape index (κ3) is 3.88. The third-order valence-corrected chi connectivity index (χ3v) is 3.61. The standard InChI is InChI=1S/C19H17N3OS/c20-19(24)22-21-12-16-11-10-15-8-4-5-9-17(15)18(16)23-13-14-6-2-1-3-7-14/h1-12H,13H2,(H3,20,22,24)/b21-12+. The molecule has 3 aromatic rings. The van der Waals surface area contributed by atoms with Crippen LogP contribution in [0, 0.1) is 0 Å². The summed E-state index contributed by atoms with van der Waals surface area (Å²) in [6.07, 6.45) is 1.66. The lowest BCUT2D eigenvalue weighted by Gasteiger charge is -2.12. The number of hydrogen-bond donors (Lipinski definition) is 2. The average molecular weight is 335 g/mol. The second-order valence-corrected chi connectivity index (χ2v) is 5.65. The van der Waals surface area contributed by atoms with Crippen molar-refractivity contribution in [2.75, 3.05) is 0 Å². The number of hydrazone groups is 1. The molecular formula is C19H17N3OS. The Balaban J connectivity index is 1.94. The van der Waals surface area contributed by atoms with Crippen LogP contribution in [0.2, 0.25) is 0 Å². The van der Waals surface area contributed by atoms with Crippen LogP contribution < -0.4 is 15.9 Å². The average Bonchev–Trinajstić information content (AvgIpc) is 2.61. The van der Waals surface area contributed by atoms with Gasteiger partial charge in [0, 0.05) is 10.9 Å². The lowest BCUT2D eigenvalue weighted by Crippen LogP contribution is -2.24. The van der Waals surface area contributed by atoms with E-state index in [-0.39, 0.29) is 5.11 Å². The van der Waals surface area contributed by atoms with E-state index in [9.17, 15) is 0 Å². The van der Waals surface area contributed by atoms with Crippen LogP contribution in [-0.4, -0.2) is 11.3 Å². The molecule has 0 aliphatic rings. The van der Waals surface area contributed by atoms with Crippen LogP contribution in [0.4, 0.5) is 0 Å². The maximum Gasteiger partial charge on any atom is 0.184 e. The fourth-order valence-electron chi connectivity index (χ4n) is 2.42. The zero-order chi connectivity index (χ0) is 16.8. The summed E-state index contributed by atoms with van der Waals surface area (Å²) in [6.45, 7) is 0.485. The Labute approximate surface area is 145 Å². The van der Waals surface area contributed by atoms with Crippen molar-refractivity contribution in [2.24, 2.45) is 10.8 Å². The number of fused-ring (bicyclic) bond motifs is 1. The van der Waals surface area contributed by atoms with Crippen LogP contribution in [0.25, 0.3) is 10.8 Å². The topological polar surface area (TPSA) is 59.6 Å². The Morgan fingerprint density at radius 3 is 2.58 bits per heavy atom. The van der Waals surface area contributed by atoms with E-state index in [0.717, 1.165) is 27.6 Å². The van der Waals surface area contributed by atoms with E-state index < -0.39 is 0 Å². The molecule has 0 saturated heterocycles. The Hall–Kier alpha value is -2.92. The molecule has 0 aliphatic carbocycles. The van der Waals surface area contributed by atoms with Gasteiger partial charge in [0.2, 0.25) is 0 Å². The summed E-state index contributed by atoms with van der Waals surface area (Å²) >= 11 is 4.76. The Kier molecular flexibility index (Phi) is 5.03. The highest BCUT2D eigenvalue weighted by Gasteiger charge is 2.08. The number of benzene rings is 3. The van der Waals surface area contributed by atoms with Gasteiger partial charge in [-0.05, 0) is 29.2 Å². The fraction of sp³-hybridized carbons (Fsp3) is 0.0526. The minimum atomic E-state index is 0.124. The monoisotopic (exact) mass is 335 g/mol. The molecule has 0 amide bonds. The van der Waals surface area contributed by atoms with E-state index in [1.807, 2.05) is 60.7 Å². The van der Waals surface area contributed by atoms with E-state index in [2.05, 4.69) is 16.6 Å². The molecule has 0 aliphatic heterocycles. The number of rotatable bonds is 5.